The Morgan fingerprint density at radius 3 is 2.26 bits per heavy atom. The zero-order chi connectivity index (χ0) is 14.6. The van der Waals surface area contributed by atoms with E-state index in [1.54, 1.807) is 12.1 Å². The van der Waals surface area contributed by atoms with Crippen LogP contribution in [0.25, 0.3) is 0 Å². The van der Waals surface area contributed by atoms with Gasteiger partial charge in [-0.1, -0.05) is 31.5 Å². The molecule has 0 amide bonds. The largest absolute Gasteiger partial charge is 0.489 e. The number of benzene rings is 1. The second kappa shape index (κ2) is 6.51. The van der Waals surface area contributed by atoms with Gasteiger partial charge < -0.3 is 4.74 Å². The molecule has 0 saturated heterocycles. The van der Waals surface area contributed by atoms with Crippen molar-refractivity contribution in [1.29, 1.82) is 0 Å². The van der Waals surface area contributed by atoms with Crippen molar-refractivity contribution in [2.45, 2.75) is 45.9 Å². The molecule has 2 rings (SSSR count). The van der Waals surface area contributed by atoms with Gasteiger partial charge in [0.15, 0.2) is 0 Å². The summed E-state index contributed by atoms with van der Waals surface area (Å²) in [4.78, 5) is 0. The van der Waals surface area contributed by atoms with E-state index in [-0.39, 0.29) is 18.9 Å². The quantitative estimate of drug-likeness (QED) is 0.710. The first-order chi connectivity index (χ1) is 8.86. The summed E-state index contributed by atoms with van der Waals surface area (Å²) in [6, 6.07) is 5.25. The van der Waals surface area contributed by atoms with Crippen LogP contribution in [0.5, 0.6) is 5.75 Å². The summed E-state index contributed by atoms with van der Waals surface area (Å²) in [5, 5.41) is 0.445. The molecular formula is C14H18ClF3O. The summed E-state index contributed by atoms with van der Waals surface area (Å²) >= 11 is 5.93. The van der Waals surface area contributed by atoms with Gasteiger partial charge in [-0.25, -0.2) is 0 Å². The number of ether oxygens (including phenoxy) is 1. The van der Waals surface area contributed by atoms with Gasteiger partial charge in [0.05, 0.1) is 17.0 Å². The molecule has 1 nitrogen and oxygen atoms in total. The molecule has 0 spiro atoms. The Morgan fingerprint density at radius 2 is 1.79 bits per heavy atom. The maximum atomic E-state index is 12.3. The first-order valence-electron chi connectivity index (χ1n) is 6.36. The van der Waals surface area contributed by atoms with Crippen molar-refractivity contribution in [3.8, 4) is 5.75 Å². The van der Waals surface area contributed by atoms with E-state index >= 15 is 0 Å². The molecule has 1 saturated carbocycles. The first-order valence-corrected chi connectivity index (χ1v) is 6.73. The lowest BCUT2D eigenvalue weighted by Crippen LogP contribution is -2.42. The number of aryl methyl sites for hydroxylation is 1. The van der Waals surface area contributed by atoms with E-state index in [1.165, 1.54) is 0 Å². The van der Waals surface area contributed by atoms with E-state index in [4.69, 9.17) is 16.3 Å². The van der Waals surface area contributed by atoms with Gasteiger partial charge in [0.1, 0.15) is 5.75 Å². The summed E-state index contributed by atoms with van der Waals surface area (Å²) in [5.74, 6) is -0.764. The van der Waals surface area contributed by atoms with Crippen molar-refractivity contribution in [2.24, 2.45) is 5.92 Å². The van der Waals surface area contributed by atoms with Crippen LogP contribution >= 0.6 is 11.6 Å². The topological polar surface area (TPSA) is 9.23 Å². The van der Waals surface area contributed by atoms with Crippen LogP contribution in [0, 0.1) is 12.8 Å². The van der Waals surface area contributed by atoms with Crippen LogP contribution in [0.1, 0.15) is 32.3 Å². The molecule has 1 fully saturated rings. The summed E-state index contributed by atoms with van der Waals surface area (Å²) < 4.78 is 42.2. The number of hydrogen-bond donors (Lipinski definition) is 0. The molecule has 1 aromatic rings. The van der Waals surface area contributed by atoms with Crippen LogP contribution in [-0.2, 0) is 0 Å². The maximum absolute atomic E-state index is 12.3. The fourth-order valence-corrected chi connectivity index (χ4v) is 2.09. The van der Waals surface area contributed by atoms with Crippen LogP contribution in [0.2, 0.25) is 5.02 Å². The fourth-order valence-electron chi connectivity index (χ4n) is 1.81. The molecule has 0 aromatic heterocycles. The molecule has 0 aliphatic heterocycles. The number of rotatable bonds is 2. The molecular weight excluding hydrogens is 277 g/mol. The molecule has 0 unspecified atom stereocenters. The SMILES string of the molecule is CC.Cc1ccc(OC2CC(C(F)(F)F)C2)c(Cl)c1. The van der Waals surface area contributed by atoms with Gasteiger partial charge in [0.25, 0.3) is 0 Å². The van der Waals surface area contributed by atoms with Crippen molar-refractivity contribution in [2.75, 3.05) is 0 Å². The zero-order valence-electron chi connectivity index (χ0n) is 11.2. The third kappa shape index (κ3) is 4.30. The molecule has 0 radical (unpaired) electrons. The van der Waals surface area contributed by atoms with E-state index in [0.29, 0.717) is 10.8 Å². The van der Waals surface area contributed by atoms with Crippen molar-refractivity contribution >= 4 is 11.6 Å². The average Bonchev–Trinajstić information content (AvgIpc) is 2.26. The minimum Gasteiger partial charge on any atom is -0.489 e. The predicted molar refractivity (Wildman–Crippen MR) is 70.7 cm³/mol. The average molecular weight is 295 g/mol. The van der Waals surface area contributed by atoms with Crippen LogP contribution in [0.3, 0.4) is 0 Å². The molecule has 1 aliphatic carbocycles. The van der Waals surface area contributed by atoms with Gasteiger partial charge in [-0.2, -0.15) is 13.2 Å². The van der Waals surface area contributed by atoms with Crippen LogP contribution in [0.15, 0.2) is 18.2 Å². The van der Waals surface area contributed by atoms with Gasteiger partial charge >= 0.3 is 6.18 Å². The van der Waals surface area contributed by atoms with Crippen molar-refractivity contribution < 1.29 is 17.9 Å². The van der Waals surface area contributed by atoms with Crippen molar-refractivity contribution in [1.82, 2.24) is 0 Å². The molecule has 0 heterocycles. The van der Waals surface area contributed by atoms with E-state index in [9.17, 15) is 13.2 Å². The highest BCUT2D eigenvalue weighted by atomic mass is 35.5. The molecule has 1 aliphatic rings. The standard InChI is InChI=1S/C12H12ClF3O.C2H6/c1-7-2-3-11(10(13)4-7)17-9-5-8(6-9)12(14,15)16;1-2/h2-4,8-9H,5-6H2,1H3;1-2H3. The highest BCUT2D eigenvalue weighted by molar-refractivity contribution is 6.32. The smallest absolute Gasteiger partial charge is 0.392 e. The lowest BCUT2D eigenvalue weighted by atomic mass is 9.82. The minimum absolute atomic E-state index is 0.0215. The summed E-state index contributed by atoms with van der Waals surface area (Å²) in [6.07, 6.45) is -4.43. The molecule has 1 aromatic carbocycles. The van der Waals surface area contributed by atoms with Crippen molar-refractivity contribution in [3.05, 3.63) is 28.8 Å². The van der Waals surface area contributed by atoms with Gasteiger partial charge in [0.2, 0.25) is 0 Å². The van der Waals surface area contributed by atoms with Gasteiger partial charge in [-0.05, 0) is 37.5 Å². The van der Waals surface area contributed by atoms with Crippen molar-refractivity contribution in [3.63, 3.8) is 0 Å². The molecule has 108 valence electrons. The van der Waals surface area contributed by atoms with E-state index in [1.807, 2.05) is 26.8 Å². The Balaban J connectivity index is 0.000000861. The summed E-state index contributed by atoms with van der Waals surface area (Å²) in [5.41, 5.74) is 0.990. The summed E-state index contributed by atoms with van der Waals surface area (Å²) in [7, 11) is 0. The third-order valence-corrected chi connectivity index (χ3v) is 3.23. The van der Waals surface area contributed by atoms with Gasteiger partial charge in [-0.3, -0.25) is 0 Å². The first kappa shape index (κ1) is 16.2. The number of halogens is 4. The van der Waals surface area contributed by atoms with E-state index < -0.39 is 12.1 Å². The molecule has 5 heteroatoms. The van der Waals surface area contributed by atoms with Gasteiger partial charge in [0, 0.05) is 0 Å². The minimum atomic E-state index is -4.10. The molecule has 0 bridgehead atoms. The van der Waals surface area contributed by atoms with E-state index in [2.05, 4.69) is 0 Å². The molecule has 0 N–H and O–H groups in total. The highest BCUT2D eigenvalue weighted by Gasteiger charge is 2.48. The molecule has 0 atom stereocenters. The van der Waals surface area contributed by atoms with Crippen LogP contribution in [0.4, 0.5) is 13.2 Å². The van der Waals surface area contributed by atoms with Gasteiger partial charge in [-0.15, -0.1) is 0 Å². The third-order valence-electron chi connectivity index (χ3n) is 2.94. The Kier molecular flexibility index (Phi) is 5.53. The maximum Gasteiger partial charge on any atom is 0.392 e. The Labute approximate surface area is 116 Å². The molecule has 19 heavy (non-hydrogen) atoms. The monoisotopic (exact) mass is 294 g/mol. The van der Waals surface area contributed by atoms with Crippen LogP contribution < -0.4 is 4.74 Å². The lowest BCUT2D eigenvalue weighted by Gasteiger charge is -2.36. The van der Waals surface area contributed by atoms with Crippen LogP contribution in [-0.4, -0.2) is 12.3 Å². The Bertz CT molecular complexity index is 412. The normalized spacial score (nSPS) is 22.1. The van der Waals surface area contributed by atoms with E-state index in [0.717, 1.165) is 5.56 Å². The lowest BCUT2D eigenvalue weighted by molar-refractivity contribution is -0.210. The second-order valence-electron chi connectivity index (χ2n) is 4.38. The second-order valence-corrected chi connectivity index (χ2v) is 4.79. The predicted octanol–water partition coefficient (Wildman–Crippen LogP) is 5.39. The Hall–Kier alpha value is -0.900. The zero-order valence-corrected chi connectivity index (χ0v) is 12.0. The Morgan fingerprint density at radius 1 is 1.21 bits per heavy atom. The fraction of sp³-hybridized carbons (Fsp3) is 0.571. The number of hydrogen-bond acceptors (Lipinski definition) is 1. The highest BCUT2D eigenvalue weighted by Crippen LogP contribution is 2.43. The summed E-state index contributed by atoms with van der Waals surface area (Å²) in [6.45, 7) is 5.89. The number of alkyl halides is 3.